The molecule has 2 aliphatic carbocycles. The summed E-state index contributed by atoms with van der Waals surface area (Å²) in [5.74, 6) is 0.0457. The second-order valence-electron chi connectivity index (χ2n) is 7.94. The molecule has 1 aromatic rings. The third-order valence-electron chi connectivity index (χ3n) is 5.92. The summed E-state index contributed by atoms with van der Waals surface area (Å²) >= 11 is 0. The lowest BCUT2D eigenvalue weighted by Gasteiger charge is -2.45. The number of nitrogens with zero attached hydrogens (tertiary/aromatic N) is 2. The summed E-state index contributed by atoms with van der Waals surface area (Å²) in [5.41, 5.74) is 0.909. The number of amides is 2. The zero-order valence-electron chi connectivity index (χ0n) is 15.1. The summed E-state index contributed by atoms with van der Waals surface area (Å²) < 4.78 is 0. The number of hydrogen-bond acceptors (Lipinski definition) is 3. The summed E-state index contributed by atoms with van der Waals surface area (Å²) in [6, 6.07) is 8.56. The lowest BCUT2D eigenvalue weighted by molar-refractivity contribution is -0.128. The van der Waals surface area contributed by atoms with E-state index >= 15 is 0 Å². The maximum absolute atomic E-state index is 13.4. The Balaban J connectivity index is 1.70. The fourth-order valence-electron chi connectivity index (χ4n) is 4.50. The minimum atomic E-state index is -0.697. The third-order valence-corrected chi connectivity index (χ3v) is 5.92. The highest BCUT2D eigenvalue weighted by Crippen LogP contribution is 2.45. The van der Waals surface area contributed by atoms with E-state index in [4.69, 9.17) is 0 Å². The molecule has 2 fully saturated rings. The van der Waals surface area contributed by atoms with Crippen LogP contribution in [0.25, 0.3) is 0 Å². The van der Waals surface area contributed by atoms with Crippen molar-refractivity contribution < 1.29 is 9.59 Å². The number of benzene rings is 1. The van der Waals surface area contributed by atoms with Crippen LogP contribution in [0.4, 0.5) is 11.4 Å². The highest BCUT2D eigenvalue weighted by molar-refractivity contribution is 6.15. The van der Waals surface area contributed by atoms with Gasteiger partial charge < -0.3 is 5.32 Å². The summed E-state index contributed by atoms with van der Waals surface area (Å²) in [6.07, 6.45) is 5.85. The van der Waals surface area contributed by atoms with E-state index < -0.39 is 5.54 Å². The van der Waals surface area contributed by atoms with Gasteiger partial charge in [0.1, 0.15) is 5.54 Å². The zero-order valence-corrected chi connectivity index (χ0v) is 15.1. The average molecular weight is 341 g/mol. The quantitative estimate of drug-likeness (QED) is 0.915. The molecule has 0 saturated heterocycles. The molecule has 1 aliphatic heterocycles. The zero-order chi connectivity index (χ0) is 17.6. The van der Waals surface area contributed by atoms with Gasteiger partial charge in [-0.1, -0.05) is 25.0 Å². The van der Waals surface area contributed by atoms with Crippen molar-refractivity contribution in [1.29, 1.82) is 0 Å². The molecule has 134 valence electrons. The lowest BCUT2D eigenvalue weighted by Crippen LogP contribution is -2.62. The van der Waals surface area contributed by atoms with Crippen LogP contribution >= 0.6 is 0 Å². The molecule has 5 heteroatoms. The Morgan fingerprint density at radius 2 is 1.96 bits per heavy atom. The Hall–Kier alpha value is -1.88. The molecule has 0 bridgehead atoms. The highest BCUT2D eigenvalue weighted by Gasteiger charge is 2.52. The molecule has 1 N–H and O–H groups in total. The molecule has 1 aromatic carbocycles. The van der Waals surface area contributed by atoms with Crippen molar-refractivity contribution in [2.75, 3.05) is 16.8 Å². The Kier molecular flexibility index (Phi) is 4.07. The van der Waals surface area contributed by atoms with Gasteiger partial charge in [-0.25, -0.2) is 0 Å². The Bertz CT molecular complexity index is 688. The summed E-state index contributed by atoms with van der Waals surface area (Å²) in [4.78, 5) is 30.5. The van der Waals surface area contributed by atoms with E-state index in [2.05, 4.69) is 24.1 Å². The second-order valence-corrected chi connectivity index (χ2v) is 7.94. The first-order valence-corrected chi connectivity index (χ1v) is 9.52. The molecule has 3 aliphatic rings. The van der Waals surface area contributed by atoms with Crippen molar-refractivity contribution in [3.8, 4) is 0 Å². The van der Waals surface area contributed by atoms with Crippen molar-refractivity contribution in [1.82, 2.24) is 4.90 Å². The number of hydrogen-bond donors (Lipinski definition) is 1. The first-order valence-electron chi connectivity index (χ1n) is 9.52. The Morgan fingerprint density at radius 1 is 1.28 bits per heavy atom. The monoisotopic (exact) mass is 341 g/mol. The van der Waals surface area contributed by atoms with Crippen LogP contribution in [0.5, 0.6) is 0 Å². The summed E-state index contributed by atoms with van der Waals surface area (Å²) in [7, 11) is 0. The molecule has 2 saturated carbocycles. The normalized spacial score (nSPS) is 21.8. The minimum absolute atomic E-state index is 0.0143. The first kappa shape index (κ1) is 16.6. The second kappa shape index (κ2) is 6.13. The van der Waals surface area contributed by atoms with Crippen molar-refractivity contribution in [3.63, 3.8) is 0 Å². The number of anilines is 2. The van der Waals surface area contributed by atoms with Gasteiger partial charge in [-0.05, 0) is 51.7 Å². The van der Waals surface area contributed by atoms with E-state index in [0.29, 0.717) is 18.6 Å². The average Bonchev–Trinajstić information content (AvgIpc) is 3.31. The van der Waals surface area contributed by atoms with Crippen molar-refractivity contribution in [3.05, 3.63) is 24.3 Å². The predicted molar refractivity (Wildman–Crippen MR) is 98.6 cm³/mol. The van der Waals surface area contributed by atoms with Gasteiger partial charge in [-0.15, -0.1) is 0 Å². The molecular formula is C20H27N3O2. The maximum atomic E-state index is 13.4. The van der Waals surface area contributed by atoms with Crippen molar-refractivity contribution in [2.24, 2.45) is 0 Å². The van der Waals surface area contributed by atoms with Gasteiger partial charge >= 0.3 is 0 Å². The highest BCUT2D eigenvalue weighted by atomic mass is 16.2. The van der Waals surface area contributed by atoms with Crippen LogP contribution < -0.4 is 10.2 Å². The number of carbonyl (C=O) groups is 2. The first-order chi connectivity index (χ1) is 12.0. The standard InChI is InChI=1S/C20H27N3O2/c1-14(2)22(15-9-10-15)13-18(24)23-17-8-4-3-7-16(17)21-19(25)20(23)11-5-6-12-20/h3-4,7-8,14-15H,5-6,9-13H2,1-2H3,(H,21,25). The van der Waals surface area contributed by atoms with Gasteiger partial charge in [0.05, 0.1) is 17.9 Å². The Labute approximate surface area is 149 Å². The van der Waals surface area contributed by atoms with Gasteiger partial charge in [0.2, 0.25) is 5.91 Å². The van der Waals surface area contributed by atoms with E-state index in [0.717, 1.165) is 37.1 Å². The number of para-hydroxylation sites is 2. The van der Waals surface area contributed by atoms with Crippen LogP contribution in [0.2, 0.25) is 0 Å². The number of nitrogens with one attached hydrogen (secondary N) is 1. The lowest BCUT2D eigenvalue weighted by atomic mass is 9.89. The summed E-state index contributed by atoms with van der Waals surface area (Å²) in [5, 5.41) is 3.04. The van der Waals surface area contributed by atoms with Crippen LogP contribution in [-0.2, 0) is 9.59 Å². The number of carbonyl (C=O) groups excluding carboxylic acids is 2. The smallest absolute Gasteiger partial charge is 0.250 e. The van der Waals surface area contributed by atoms with Crippen molar-refractivity contribution >= 4 is 23.2 Å². The molecule has 25 heavy (non-hydrogen) atoms. The topological polar surface area (TPSA) is 52.7 Å². The van der Waals surface area contributed by atoms with E-state index in [9.17, 15) is 9.59 Å². The van der Waals surface area contributed by atoms with Gasteiger partial charge in [-0.2, -0.15) is 0 Å². The maximum Gasteiger partial charge on any atom is 0.250 e. The van der Waals surface area contributed by atoms with E-state index in [1.807, 2.05) is 29.2 Å². The molecule has 0 atom stereocenters. The predicted octanol–water partition coefficient (Wildman–Crippen LogP) is 3.16. The van der Waals surface area contributed by atoms with Gasteiger partial charge in [0.25, 0.3) is 5.91 Å². The molecule has 1 heterocycles. The van der Waals surface area contributed by atoms with Gasteiger partial charge in [0, 0.05) is 12.1 Å². The molecular weight excluding hydrogens is 314 g/mol. The minimum Gasteiger partial charge on any atom is -0.322 e. The summed E-state index contributed by atoms with van der Waals surface area (Å²) in [6.45, 7) is 4.69. The van der Waals surface area contributed by atoms with E-state index in [1.54, 1.807) is 0 Å². The molecule has 1 spiro atoms. The largest absolute Gasteiger partial charge is 0.322 e. The van der Waals surface area contributed by atoms with E-state index in [1.165, 1.54) is 12.8 Å². The van der Waals surface area contributed by atoms with Crippen LogP contribution in [0.15, 0.2) is 24.3 Å². The Morgan fingerprint density at radius 3 is 2.60 bits per heavy atom. The number of rotatable bonds is 4. The van der Waals surface area contributed by atoms with Crippen LogP contribution in [0, 0.1) is 0 Å². The van der Waals surface area contributed by atoms with Crippen LogP contribution in [-0.4, -0.2) is 40.9 Å². The molecule has 2 amide bonds. The molecule has 0 aromatic heterocycles. The molecule has 4 rings (SSSR count). The molecule has 0 radical (unpaired) electrons. The fourth-order valence-corrected chi connectivity index (χ4v) is 4.50. The van der Waals surface area contributed by atoms with Gasteiger partial charge in [0.15, 0.2) is 0 Å². The number of fused-ring (bicyclic) bond motifs is 1. The van der Waals surface area contributed by atoms with Crippen LogP contribution in [0.1, 0.15) is 52.4 Å². The van der Waals surface area contributed by atoms with E-state index in [-0.39, 0.29) is 11.8 Å². The fraction of sp³-hybridized carbons (Fsp3) is 0.600. The van der Waals surface area contributed by atoms with Gasteiger partial charge in [-0.3, -0.25) is 19.4 Å². The molecule has 0 unspecified atom stereocenters. The third kappa shape index (κ3) is 2.74. The molecule has 5 nitrogen and oxygen atoms in total. The van der Waals surface area contributed by atoms with Crippen LogP contribution in [0.3, 0.4) is 0 Å². The SMILES string of the molecule is CC(C)N(CC(=O)N1c2ccccc2NC(=O)C12CCCC2)C1CC1. The van der Waals surface area contributed by atoms with Crippen molar-refractivity contribution in [2.45, 2.75) is 70.0 Å².